The molecule has 1 unspecified atom stereocenters. The molecule has 3 N–H and O–H groups in total. The summed E-state index contributed by atoms with van der Waals surface area (Å²) < 4.78 is 5.08. The highest BCUT2D eigenvalue weighted by Crippen LogP contribution is 2.24. The van der Waals surface area contributed by atoms with Crippen molar-refractivity contribution in [1.82, 2.24) is 20.6 Å². The number of aliphatic imine (C=N–C) groups is 1. The highest BCUT2D eigenvalue weighted by Gasteiger charge is 2.20. The fourth-order valence-electron chi connectivity index (χ4n) is 2.59. The number of nitrogens with zero attached hydrogens (tertiary/aromatic N) is 3. The van der Waals surface area contributed by atoms with E-state index in [1.54, 1.807) is 20.2 Å². The number of guanidine groups is 1. The van der Waals surface area contributed by atoms with Gasteiger partial charge in [-0.15, -0.1) is 35.3 Å². The summed E-state index contributed by atoms with van der Waals surface area (Å²) in [5, 5.41) is 10.8. The number of carbonyl (C=O) groups is 1. The summed E-state index contributed by atoms with van der Waals surface area (Å²) in [6.45, 7) is 7.65. The Balaban J connectivity index is 0.00000450. The number of esters is 1. The summed E-state index contributed by atoms with van der Waals surface area (Å²) in [6, 6.07) is 5.75. The Morgan fingerprint density at radius 1 is 1.30 bits per heavy atom. The molecule has 0 fully saturated rings. The van der Waals surface area contributed by atoms with Crippen molar-refractivity contribution in [3.8, 4) is 0 Å². The van der Waals surface area contributed by atoms with Gasteiger partial charge < -0.3 is 20.7 Å². The predicted molar refractivity (Wildman–Crippen MR) is 133 cm³/mol. The summed E-state index contributed by atoms with van der Waals surface area (Å²) in [5.74, 6) is 1.29. The van der Waals surface area contributed by atoms with Crippen molar-refractivity contribution in [3.05, 3.63) is 40.0 Å². The van der Waals surface area contributed by atoms with Gasteiger partial charge in [0.15, 0.2) is 5.96 Å². The van der Waals surface area contributed by atoms with Crippen molar-refractivity contribution in [2.75, 3.05) is 32.1 Å². The van der Waals surface area contributed by atoms with E-state index in [9.17, 15) is 4.79 Å². The molecule has 0 spiro atoms. The quantitative estimate of drug-likeness (QED) is 0.137. The average Bonchev–Trinajstić information content (AvgIpc) is 3.12. The zero-order valence-electron chi connectivity index (χ0n) is 17.9. The molecule has 0 saturated carbocycles. The van der Waals surface area contributed by atoms with Crippen molar-refractivity contribution in [1.29, 1.82) is 0 Å². The molecule has 0 aliphatic carbocycles. The predicted octanol–water partition coefficient (Wildman–Crippen LogP) is 3.76. The average molecular weight is 546 g/mol. The van der Waals surface area contributed by atoms with Crippen LogP contribution in [0.3, 0.4) is 0 Å². The van der Waals surface area contributed by atoms with E-state index in [0.717, 1.165) is 36.8 Å². The summed E-state index contributed by atoms with van der Waals surface area (Å²) in [6.07, 6.45) is 3.79. The Kier molecular flexibility index (Phi) is 12.3. The molecule has 0 saturated heterocycles. The van der Waals surface area contributed by atoms with Crippen LogP contribution in [0.25, 0.3) is 0 Å². The van der Waals surface area contributed by atoms with E-state index in [0.29, 0.717) is 23.1 Å². The molecular weight excluding hydrogens is 515 g/mol. The zero-order valence-corrected chi connectivity index (χ0v) is 21.0. The van der Waals surface area contributed by atoms with Gasteiger partial charge in [-0.3, -0.25) is 4.99 Å². The first-order valence-electron chi connectivity index (χ1n) is 9.81. The monoisotopic (exact) mass is 546 g/mol. The molecular formula is C20H31IN6O2S. The fraction of sp³-hybridized carbons (Fsp3) is 0.500. The van der Waals surface area contributed by atoms with Crippen molar-refractivity contribution in [2.45, 2.75) is 39.7 Å². The van der Waals surface area contributed by atoms with Gasteiger partial charge in [0.1, 0.15) is 15.7 Å². The summed E-state index contributed by atoms with van der Waals surface area (Å²) in [7, 11) is 1.74. The minimum absolute atomic E-state index is 0. The van der Waals surface area contributed by atoms with Gasteiger partial charge in [-0.1, -0.05) is 6.07 Å². The highest BCUT2D eigenvalue weighted by molar-refractivity contribution is 14.0. The number of aryl methyl sites for hydroxylation is 1. The van der Waals surface area contributed by atoms with E-state index < -0.39 is 0 Å². The molecule has 1 atom stereocenters. The molecule has 0 aliphatic rings. The number of anilines is 1. The van der Waals surface area contributed by atoms with Crippen molar-refractivity contribution in [2.24, 2.45) is 4.99 Å². The molecule has 0 radical (unpaired) electrons. The van der Waals surface area contributed by atoms with Crippen LogP contribution in [0.15, 0.2) is 29.4 Å². The lowest BCUT2D eigenvalue weighted by Crippen LogP contribution is -2.39. The SMILES string of the molecule is CCOC(=O)c1sc(C(C)NC(=NC)NCCCCNc2ccccn2)nc1C.I. The molecule has 0 bridgehead atoms. The number of pyridine rings is 1. The van der Waals surface area contributed by atoms with E-state index in [1.807, 2.05) is 32.0 Å². The number of aromatic nitrogens is 2. The Labute approximate surface area is 199 Å². The van der Waals surface area contributed by atoms with Gasteiger partial charge >= 0.3 is 5.97 Å². The van der Waals surface area contributed by atoms with Crippen LogP contribution in [-0.4, -0.2) is 48.6 Å². The van der Waals surface area contributed by atoms with E-state index in [2.05, 4.69) is 30.9 Å². The largest absolute Gasteiger partial charge is 0.462 e. The number of rotatable bonds is 10. The maximum Gasteiger partial charge on any atom is 0.350 e. The zero-order chi connectivity index (χ0) is 21.1. The number of hydrogen-bond acceptors (Lipinski definition) is 7. The Morgan fingerprint density at radius 3 is 2.73 bits per heavy atom. The smallest absolute Gasteiger partial charge is 0.350 e. The standard InChI is InChI=1S/C20H30N6O2S.HI/c1-5-28-19(27)17-14(2)25-18(29-17)15(3)26-20(21-4)24-13-9-8-12-23-16-10-6-7-11-22-16;/h6-7,10-11,15H,5,8-9,12-13H2,1-4H3,(H,22,23)(H2,21,24,26);1H. The molecule has 166 valence electrons. The van der Waals surface area contributed by atoms with Crippen LogP contribution in [0.2, 0.25) is 0 Å². The molecule has 0 aliphatic heterocycles. The fourth-order valence-corrected chi connectivity index (χ4v) is 3.55. The normalized spacial score (nSPS) is 11.9. The number of nitrogens with one attached hydrogen (secondary N) is 3. The van der Waals surface area contributed by atoms with E-state index >= 15 is 0 Å². The Bertz CT molecular complexity index is 800. The Hall–Kier alpha value is -1.95. The lowest BCUT2D eigenvalue weighted by Gasteiger charge is -2.16. The third-order valence-electron chi connectivity index (χ3n) is 4.09. The van der Waals surface area contributed by atoms with E-state index in [1.165, 1.54) is 11.3 Å². The van der Waals surface area contributed by atoms with Crippen molar-refractivity contribution >= 4 is 53.1 Å². The van der Waals surface area contributed by atoms with Gasteiger partial charge in [0.25, 0.3) is 0 Å². The molecule has 2 rings (SSSR count). The van der Waals surface area contributed by atoms with Crippen LogP contribution >= 0.6 is 35.3 Å². The molecule has 2 heterocycles. The molecule has 0 aromatic carbocycles. The maximum absolute atomic E-state index is 12.0. The molecule has 30 heavy (non-hydrogen) atoms. The molecule has 2 aromatic heterocycles. The van der Waals surface area contributed by atoms with Gasteiger partial charge in [0.05, 0.1) is 18.3 Å². The van der Waals surface area contributed by atoms with Gasteiger partial charge in [0, 0.05) is 26.3 Å². The molecule has 2 aromatic rings. The Morgan fingerprint density at radius 2 is 2.07 bits per heavy atom. The second kappa shape index (κ2) is 14.1. The van der Waals surface area contributed by atoms with Gasteiger partial charge in [-0.2, -0.15) is 0 Å². The second-order valence-corrected chi connectivity index (χ2v) is 7.43. The minimum atomic E-state index is -0.317. The van der Waals surface area contributed by atoms with Gasteiger partial charge in [0.2, 0.25) is 0 Å². The lowest BCUT2D eigenvalue weighted by molar-refractivity contribution is 0.0531. The first kappa shape index (κ1) is 26.1. The number of hydrogen-bond donors (Lipinski definition) is 3. The number of ether oxygens (including phenoxy) is 1. The van der Waals surface area contributed by atoms with Crippen LogP contribution in [0.4, 0.5) is 5.82 Å². The third-order valence-corrected chi connectivity index (χ3v) is 5.41. The number of halogens is 1. The maximum atomic E-state index is 12.0. The van der Waals surface area contributed by atoms with E-state index in [4.69, 9.17) is 4.74 Å². The summed E-state index contributed by atoms with van der Waals surface area (Å²) >= 11 is 1.36. The van der Waals surface area contributed by atoms with Gasteiger partial charge in [-0.25, -0.2) is 14.8 Å². The van der Waals surface area contributed by atoms with Crippen molar-refractivity contribution in [3.63, 3.8) is 0 Å². The number of unbranched alkanes of at least 4 members (excludes halogenated alkanes) is 1. The van der Waals surface area contributed by atoms with E-state index in [-0.39, 0.29) is 36.0 Å². The second-order valence-electron chi connectivity index (χ2n) is 6.40. The van der Waals surface area contributed by atoms with Crippen LogP contribution in [0, 0.1) is 6.92 Å². The first-order chi connectivity index (χ1) is 14.0. The highest BCUT2D eigenvalue weighted by atomic mass is 127. The first-order valence-corrected chi connectivity index (χ1v) is 10.6. The number of carbonyl (C=O) groups excluding carboxylic acids is 1. The topological polar surface area (TPSA) is 101 Å². The van der Waals surface area contributed by atoms with Crippen LogP contribution < -0.4 is 16.0 Å². The molecule has 0 amide bonds. The van der Waals surface area contributed by atoms with Crippen LogP contribution in [-0.2, 0) is 4.74 Å². The molecule has 10 heteroatoms. The number of thiazole rings is 1. The third kappa shape index (κ3) is 8.42. The summed E-state index contributed by atoms with van der Waals surface area (Å²) in [5.41, 5.74) is 0.695. The van der Waals surface area contributed by atoms with Crippen LogP contribution in [0.5, 0.6) is 0 Å². The van der Waals surface area contributed by atoms with Gasteiger partial charge in [-0.05, 0) is 45.7 Å². The van der Waals surface area contributed by atoms with Crippen molar-refractivity contribution < 1.29 is 9.53 Å². The molecule has 8 nitrogen and oxygen atoms in total. The lowest BCUT2D eigenvalue weighted by atomic mass is 10.3. The van der Waals surface area contributed by atoms with Crippen LogP contribution in [0.1, 0.15) is 53.1 Å². The minimum Gasteiger partial charge on any atom is -0.462 e. The summed E-state index contributed by atoms with van der Waals surface area (Å²) in [4.78, 5) is 25.5.